The average molecular weight is 210 g/mol. The van der Waals surface area contributed by atoms with Crippen molar-refractivity contribution in [2.24, 2.45) is 0 Å². The summed E-state index contributed by atoms with van der Waals surface area (Å²) in [4.78, 5) is 24.9. The van der Waals surface area contributed by atoms with Crippen LogP contribution < -0.4 is 5.73 Å². The summed E-state index contributed by atoms with van der Waals surface area (Å²) in [7, 11) is 0. The second-order valence-corrected chi connectivity index (χ2v) is 2.88. The standard InChI is InChI=1S/C9H10N2O4/c1-2-6-3-4-7(8(10)5-6)9(12)15-11(13)14/h3-5H,2,10H2,1H3. The van der Waals surface area contributed by atoms with Crippen LogP contribution in [0.3, 0.4) is 0 Å². The van der Waals surface area contributed by atoms with Crippen LogP contribution in [0.25, 0.3) is 0 Å². The number of aryl methyl sites for hydroxylation is 1. The first-order valence-corrected chi connectivity index (χ1v) is 4.29. The third-order valence-electron chi connectivity index (χ3n) is 1.90. The lowest BCUT2D eigenvalue weighted by molar-refractivity contribution is -0.727. The maximum atomic E-state index is 11.1. The van der Waals surface area contributed by atoms with Gasteiger partial charge in [-0.25, -0.2) is 4.84 Å². The summed E-state index contributed by atoms with van der Waals surface area (Å²) in [6.45, 7) is 1.93. The van der Waals surface area contributed by atoms with Gasteiger partial charge in [0.2, 0.25) is 0 Å². The number of rotatable bonds is 3. The molecule has 0 aliphatic rings. The van der Waals surface area contributed by atoms with Gasteiger partial charge in [0.1, 0.15) is 0 Å². The number of carbonyl (C=O) groups is 1. The van der Waals surface area contributed by atoms with Crippen molar-refractivity contribution in [2.75, 3.05) is 5.73 Å². The fourth-order valence-electron chi connectivity index (χ4n) is 1.13. The number of nitrogen functional groups attached to an aromatic ring is 1. The van der Waals surface area contributed by atoms with E-state index in [-0.39, 0.29) is 11.3 Å². The fourth-order valence-corrected chi connectivity index (χ4v) is 1.13. The van der Waals surface area contributed by atoms with Crippen molar-refractivity contribution >= 4 is 11.7 Å². The van der Waals surface area contributed by atoms with E-state index >= 15 is 0 Å². The second-order valence-electron chi connectivity index (χ2n) is 2.88. The smallest absolute Gasteiger partial charge is 0.336 e. The fraction of sp³-hybridized carbons (Fsp3) is 0.222. The largest absolute Gasteiger partial charge is 0.398 e. The minimum Gasteiger partial charge on any atom is -0.398 e. The summed E-state index contributed by atoms with van der Waals surface area (Å²) in [5.41, 5.74) is 6.68. The Morgan fingerprint density at radius 1 is 1.60 bits per heavy atom. The topological polar surface area (TPSA) is 95.5 Å². The molecule has 0 radical (unpaired) electrons. The molecule has 0 atom stereocenters. The third kappa shape index (κ3) is 2.67. The lowest BCUT2D eigenvalue weighted by Gasteiger charge is -2.04. The molecule has 0 aliphatic carbocycles. The van der Waals surface area contributed by atoms with Crippen LogP contribution in [0.5, 0.6) is 0 Å². The zero-order valence-corrected chi connectivity index (χ0v) is 8.10. The molecular weight excluding hydrogens is 200 g/mol. The van der Waals surface area contributed by atoms with Crippen LogP contribution >= 0.6 is 0 Å². The van der Waals surface area contributed by atoms with Crippen LogP contribution in [0, 0.1) is 10.1 Å². The minimum absolute atomic E-state index is 0.00361. The molecule has 0 heterocycles. The van der Waals surface area contributed by atoms with E-state index in [1.807, 2.05) is 6.92 Å². The van der Waals surface area contributed by atoms with Gasteiger partial charge in [-0.2, -0.15) is 0 Å². The van der Waals surface area contributed by atoms with Gasteiger partial charge in [0, 0.05) is 5.69 Å². The van der Waals surface area contributed by atoms with Gasteiger partial charge in [0.25, 0.3) is 0 Å². The van der Waals surface area contributed by atoms with Crippen molar-refractivity contribution in [3.05, 3.63) is 39.4 Å². The van der Waals surface area contributed by atoms with E-state index in [2.05, 4.69) is 4.84 Å². The van der Waals surface area contributed by atoms with Gasteiger partial charge in [-0.1, -0.05) is 13.0 Å². The number of hydrogen-bond donors (Lipinski definition) is 1. The van der Waals surface area contributed by atoms with Gasteiger partial charge in [0.05, 0.1) is 5.56 Å². The summed E-state index contributed by atoms with van der Waals surface area (Å²) in [6, 6.07) is 4.68. The summed E-state index contributed by atoms with van der Waals surface area (Å²) in [5.74, 6) is -1.06. The Morgan fingerprint density at radius 3 is 2.73 bits per heavy atom. The number of benzene rings is 1. The van der Waals surface area contributed by atoms with Crippen molar-refractivity contribution in [3.8, 4) is 0 Å². The maximum absolute atomic E-state index is 11.1. The molecule has 0 unspecified atom stereocenters. The first-order valence-electron chi connectivity index (χ1n) is 4.29. The summed E-state index contributed by atoms with van der Waals surface area (Å²) in [6.07, 6.45) is 0.773. The Hall–Kier alpha value is -2.11. The van der Waals surface area contributed by atoms with Crippen molar-refractivity contribution in [1.29, 1.82) is 0 Å². The summed E-state index contributed by atoms with van der Waals surface area (Å²) >= 11 is 0. The SMILES string of the molecule is CCc1ccc(C(=O)O[N+](=O)[O-])c(N)c1. The van der Waals surface area contributed by atoms with E-state index in [1.54, 1.807) is 12.1 Å². The van der Waals surface area contributed by atoms with Gasteiger partial charge < -0.3 is 5.73 Å². The highest BCUT2D eigenvalue weighted by Gasteiger charge is 2.13. The van der Waals surface area contributed by atoms with E-state index in [0.29, 0.717) is 0 Å². The minimum atomic E-state index is -1.16. The van der Waals surface area contributed by atoms with Crippen LogP contribution in [-0.2, 0) is 11.3 Å². The summed E-state index contributed by atoms with van der Waals surface area (Å²) < 4.78 is 0. The summed E-state index contributed by atoms with van der Waals surface area (Å²) in [5, 5.41) is 8.78. The van der Waals surface area contributed by atoms with Crippen LogP contribution in [0.1, 0.15) is 22.8 Å². The Morgan fingerprint density at radius 2 is 2.27 bits per heavy atom. The van der Waals surface area contributed by atoms with E-state index in [1.165, 1.54) is 6.07 Å². The van der Waals surface area contributed by atoms with Gasteiger partial charge >= 0.3 is 11.1 Å². The molecule has 1 aromatic rings. The van der Waals surface area contributed by atoms with E-state index < -0.39 is 11.1 Å². The molecular formula is C9H10N2O4. The van der Waals surface area contributed by atoms with Crippen LogP contribution in [0.4, 0.5) is 5.69 Å². The molecule has 0 saturated heterocycles. The lowest BCUT2D eigenvalue weighted by Crippen LogP contribution is -2.12. The van der Waals surface area contributed by atoms with Crippen LogP contribution in [0.2, 0.25) is 0 Å². The van der Waals surface area contributed by atoms with Gasteiger partial charge in [-0.3, -0.25) is 4.79 Å². The lowest BCUT2D eigenvalue weighted by atomic mass is 10.1. The highest BCUT2D eigenvalue weighted by atomic mass is 17.0. The molecule has 0 aromatic heterocycles. The number of nitrogens with two attached hydrogens (primary N) is 1. The predicted molar refractivity (Wildman–Crippen MR) is 52.6 cm³/mol. The van der Waals surface area contributed by atoms with Crippen LogP contribution in [-0.4, -0.2) is 11.1 Å². The molecule has 1 rings (SSSR count). The Kier molecular flexibility index (Phi) is 3.22. The molecule has 0 bridgehead atoms. The van der Waals surface area contributed by atoms with Gasteiger partial charge in [-0.15, -0.1) is 10.1 Å². The molecule has 6 heteroatoms. The monoisotopic (exact) mass is 210 g/mol. The van der Waals surface area contributed by atoms with E-state index in [4.69, 9.17) is 5.73 Å². The molecule has 80 valence electrons. The Bertz CT molecular complexity index is 403. The first kappa shape index (κ1) is 11.0. The van der Waals surface area contributed by atoms with E-state index in [9.17, 15) is 14.9 Å². The molecule has 1 aromatic carbocycles. The number of nitrogens with zero attached hydrogens (tertiary/aromatic N) is 1. The zero-order chi connectivity index (χ0) is 11.4. The molecule has 0 spiro atoms. The third-order valence-corrected chi connectivity index (χ3v) is 1.90. The highest BCUT2D eigenvalue weighted by Crippen LogP contribution is 2.15. The molecule has 15 heavy (non-hydrogen) atoms. The Labute approximate surface area is 85.7 Å². The number of carbonyl (C=O) groups excluding carboxylic acids is 1. The van der Waals surface area contributed by atoms with E-state index in [0.717, 1.165) is 12.0 Å². The average Bonchev–Trinajstić information content (AvgIpc) is 2.16. The van der Waals surface area contributed by atoms with Gasteiger partial charge in [0.15, 0.2) is 0 Å². The van der Waals surface area contributed by atoms with Crippen molar-refractivity contribution < 1.29 is 14.7 Å². The molecule has 0 aliphatic heterocycles. The molecule has 0 fully saturated rings. The molecule has 0 amide bonds. The highest BCUT2D eigenvalue weighted by molar-refractivity contribution is 5.94. The molecule has 2 N–H and O–H groups in total. The number of hydrogen-bond acceptors (Lipinski definition) is 5. The maximum Gasteiger partial charge on any atom is 0.336 e. The zero-order valence-electron chi connectivity index (χ0n) is 8.10. The normalized spacial score (nSPS) is 9.67. The van der Waals surface area contributed by atoms with Crippen LogP contribution in [0.15, 0.2) is 18.2 Å². The first-order chi connectivity index (χ1) is 7.04. The predicted octanol–water partition coefficient (Wildman–Crippen LogP) is 1.18. The quantitative estimate of drug-likeness (QED) is 0.459. The van der Waals surface area contributed by atoms with Gasteiger partial charge in [-0.05, 0) is 24.1 Å². The van der Waals surface area contributed by atoms with Crippen molar-refractivity contribution in [3.63, 3.8) is 0 Å². The number of anilines is 1. The Balaban J connectivity index is 2.95. The van der Waals surface area contributed by atoms with Crippen molar-refractivity contribution in [1.82, 2.24) is 0 Å². The van der Waals surface area contributed by atoms with Crippen molar-refractivity contribution in [2.45, 2.75) is 13.3 Å². The second kappa shape index (κ2) is 4.41. The molecule has 6 nitrogen and oxygen atoms in total. The molecule has 0 saturated carbocycles.